The van der Waals surface area contributed by atoms with Gasteiger partial charge >= 0.3 is 6.09 Å². The van der Waals surface area contributed by atoms with E-state index in [9.17, 15) is 9.59 Å². The van der Waals surface area contributed by atoms with Crippen molar-refractivity contribution in [3.05, 3.63) is 0 Å². The van der Waals surface area contributed by atoms with Gasteiger partial charge in [0, 0.05) is 7.05 Å². The van der Waals surface area contributed by atoms with E-state index in [1.54, 1.807) is 20.8 Å². The predicted octanol–water partition coefficient (Wildman–Crippen LogP) is 1.08. The van der Waals surface area contributed by atoms with E-state index in [4.69, 9.17) is 14.3 Å². The second kappa shape index (κ2) is 6.90. The Labute approximate surface area is 119 Å². The van der Waals surface area contributed by atoms with Crippen molar-refractivity contribution in [1.29, 1.82) is 0 Å². The first-order valence-corrected chi connectivity index (χ1v) is 6.65. The Morgan fingerprint density at radius 2 is 1.95 bits per heavy atom. The zero-order valence-electron chi connectivity index (χ0n) is 12.8. The van der Waals surface area contributed by atoms with Crippen LogP contribution in [0.2, 0.25) is 0 Å². The molecule has 0 bridgehead atoms. The van der Waals surface area contributed by atoms with Crippen LogP contribution in [0.4, 0.5) is 4.79 Å². The molecule has 0 aromatic carbocycles. The van der Waals surface area contributed by atoms with E-state index in [2.05, 4.69) is 5.32 Å². The number of nitrogens with zero attached hydrogens (tertiary/aromatic N) is 1. The molecule has 1 aliphatic rings. The first-order chi connectivity index (χ1) is 9.23. The van der Waals surface area contributed by atoms with Gasteiger partial charge in [0.05, 0.1) is 19.8 Å². The summed E-state index contributed by atoms with van der Waals surface area (Å²) < 4.78 is 10.6. The maximum atomic E-state index is 11.8. The van der Waals surface area contributed by atoms with Crippen LogP contribution in [0.25, 0.3) is 0 Å². The van der Waals surface area contributed by atoms with Crippen LogP contribution in [0.5, 0.6) is 0 Å². The van der Waals surface area contributed by atoms with Gasteiger partial charge in [-0.05, 0) is 33.6 Å². The number of likely N-dealkylation sites (N-methyl/N-ethyl adjacent to an activating group) is 1. The van der Waals surface area contributed by atoms with Gasteiger partial charge in [0.1, 0.15) is 11.7 Å². The van der Waals surface area contributed by atoms with Gasteiger partial charge in [-0.25, -0.2) is 9.86 Å². The largest absolute Gasteiger partial charge is 0.444 e. The molecular weight excluding hydrogens is 264 g/mol. The molecule has 7 nitrogen and oxygen atoms in total. The van der Waals surface area contributed by atoms with Gasteiger partial charge in [-0.2, -0.15) is 0 Å². The van der Waals surface area contributed by atoms with Crippen molar-refractivity contribution in [2.45, 2.75) is 51.4 Å². The van der Waals surface area contributed by atoms with E-state index in [-0.39, 0.29) is 18.6 Å². The molecule has 116 valence electrons. The molecule has 2 atom stereocenters. The molecule has 0 unspecified atom stereocenters. The van der Waals surface area contributed by atoms with Crippen molar-refractivity contribution in [3.63, 3.8) is 0 Å². The molecule has 0 radical (unpaired) electrons. The highest BCUT2D eigenvalue weighted by Gasteiger charge is 2.30. The minimum Gasteiger partial charge on any atom is -0.444 e. The standard InChI is InChI=1S/C13H24N2O5/c1-13(2,3)20-12(17)14-9-6-7-10(19-8-9)11(16)15(4)18-5/h9-10H,6-8H2,1-5H3,(H,14,17)/t9-,10+/m1/s1. The van der Waals surface area contributed by atoms with Gasteiger partial charge in [0.2, 0.25) is 0 Å². The maximum Gasteiger partial charge on any atom is 0.407 e. The summed E-state index contributed by atoms with van der Waals surface area (Å²) in [7, 11) is 2.96. The van der Waals surface area contributed by atoms with Gasteiger partial charge in [-0.3, -0.25) is 9.63 Å². The molecule has 7 heteroatoms. The highest BCUT2D eigenvalue weighted by Crippen LogP contribution is 2.16. The minimum absolute atomic E-state index is 0.137. The summed E-state index contributed by atoms with van der Waals surface area (Å²) in [6, 6.07) is -0.137. The van der Waals surface area contributed by atoms with Crippen molar-refractivity contribution in [2.24, 2.45) is 0 Å². The third kappa shape index (κ3) is 5.34. The number of alkyl carbamates (subject to hydrolysis) is 1. The lowest BCUT2D eigenvalue weighted by atomic mass is 10.0. The molecule has 1 N–H and O–H groups in total. The average molecular weight is 288 g/mol. The van der Waals surface area contributed by atoms with E-state index in [0.29, 0.717) is 12.8 Å². The second-order valence-electron chi connectivity index (χ2n) is 5.76. The van der Waals surface area contributed by atoms with Crippen molar-refractivity contribution in [3.8, 4) is 0 Å². The van der Waals surface area contributed by atoms with Crippen LogP contribution in [0.3, 0.4) is 0 Å². The fourth-order valence-corrected chi connectivity index (χ4v) is 1.83. The van der Waals surface area contributed by atoms with Gasteiger partial charge < -0.3 is 14.8 Å². The zero-order valence-corrected chi connectivity index (χ0v) is 12.8. The number of carbonyl (C=O) groups excluding carboxylic acids is 2. The minimum atomic E-state index is -0.528. The van der Waals surface area contributed by atoms with Gasteiger partial charge in [0.25, 0.3) is 5.91 Å². The summed E-state index contributed by atoms with van der Waals surface area (Å²) in [6.07, 6.45) is 0.210. The monoisotopic (exact) mass is 288 g/mol. The third-order valence-electron chi connectivity index (χ3n) is 2.86. The summed E-state index contributed by atoms with van der Waals surface area (Å²) in [5.74, 6) is -0.219. The van der Waals surface area contributed by atoms with Crippen LogP contribution in [0.1, 0.15) is 33.6 Å². The molecule has 0 saturated carbocycles. The first-order valence-electron chi connectivity index (χ1n) is 6.65. The fourth-order valence-electron chi connectivity index (χ4n) is 1.83. The van der Waals surface area contributed by atoms with E-state index in [1.807, 2.05) is 0 Å². The first kappa shape index (κ1) is 16.7. The second-order valence-corrected chi connectivity index (χ2v) is 5.76. The number of rotatable bonds is 3. The Hall–Kier alpha value is -1.34. The molecule has 1 aliphatic heterocycles. The fraction of sp³-hybridized carbons (Fsp3) is 0.846. The van der Waals surface area contributed by atoms with Gasteiger partial charge in [-0.15, -0.1) is 0 Å². The highest BCUT2D eigenvalue weighted by molar-refractivity contribution is 5.79. The smallest absolute Gasteiger partial charge is 0.407 e. The van der Waals surface area contributed by atoms with E-state index < -0.39 is 17.8 Å². The van der Waals surface area contributed by atoms with Gasteiger partial charge in [-0.1, -0.05) is 0 Å². The Morgan fingerprint density at radius 3 is 2.40 bits per heavy atom. The number of hydrogen-bond acceptors (Lipinski definition) is 5. The molecule has 2 amide bonds. The quantitative estimate of drug-likeness (QED) is 0.786. The Bertz CT molecular complexity index is 345. The van der Waals surface area contributed by atoms with Crippen LogP contribution in [0.15, 0.2) is 0 Å². The highest BCUT2D eigenvalue weighted by atomic mass is 16.7. The maximum absolute atomic E-state index is 11.8. The van der Waals surface area contributed by atoms with Crippen molar-refractivity contribution < 1.29 is 23.9 Å². The lowest BCUT2D eigenvalue weighted by Crippen LogP contribution is -2.48. The number of nitrogens with one attached hydrogen (secondary N) is 1. The topological polar surface area (TPSA) is 77.1 Å². The molecule has 0 aromatic heterocycles. The predicted molar refractivity (Wildman–Crippen MR) is 71.9 cm³/mol. The molecule has 1 fully saturated rings. The molecule has 1 saturated heterocycles. The number of amides is 2. The molecule has 0 aromatic rings. The van der Waals surface area contributed by atoms with Crippen LogP contribution in [-0.2, 0) is 19.1 Å². The Balaban J connectivity index is 2.36. The van der Waals surface area contributed by atoms with Crippen LogP contribution < -0.4 is 5.32 Å². The molecule has 1 heterocycles. The molecule has 1 rings (SSSR count). The van der Waals surface area contributed by atoms with Gasteiger partial charge in [0.15, 0.2) is 0 Å². The average Bonchev–Trinajstić information content (AvgIpc) is 2.35. The van der Waals surface area contributed by atoms with Crippen molar-refractivity contribution in [1.82, 2.24) is 10.4 Å². The SMILES string of the molecule is CON(C)C(=O)[C@@H]1CC[C@@H](NC(=O)OC(C)(C)C)CO1. The molecular formula is C13H24N2O5. The molecule has 0 aliphatic carbocycles. The Kier molecular flexibility index (Phi) is 5.76. The summed E-state index contributed by atoms with van der Waals surface area (Å²) in [5, 5.41) is 3.88. The third-order valence-corrected chi connectivity index (χ3v) is 2.86. The van der Waals surface area contributed by atoms with E-state index >= 15 is 0 Å². The normalized spacial score (nSPS) is 23.1. The number of carbonyl (C=O) groups is 2. The summed E-state index contributed by atoms with van der Waals surface area (Å²) in [6.45, 7) is 5.70. The number of ether oxygens (including phenoxy) is 2. The van der Waals surface area contributed by atoms with Crippen LogP contribution in [0, 0.1) is 0 Å². The zero-order chi connectivity index (χ0) is 15.3. The Morgan fingerprint density at radius 1 is 1.30 bits per heavy atom. The lowest BCUT2D eigenvalue weighted by molar-refractivity contribution is -0.183. The van der Waals surface area contributed by atoms with E-state index in [1.165, 1.54) is 14.2 Å². The van der Waals surface area contributed by atoms with Crippen molar-refractivity contribution in [2.75, 3.05) is 20.8 Å². The summed E-state index contributed by atoms with van der Waals surface area (Å²) in [5.41, 5.74) is -0.528. The van der Waals surface area contributed by atoms with Crippen molar-refractivity contribution >= 4 is 12.0 Å². The van der Waals surface area contributed by atoms with Crippen LogP contribution in [-0.4, -0.2) is 55.6 Å². The molecule has 20 heavy (non-hydrogen) atoms. The lowest BCUT2D eigenvalue weighted by Gasteiger charge is -2.31. The van der Waals surface area contributed by atoms with E-state index in [0.717, 1.165) is 5.06 Å². The van der Waals surface area contributed by atoms with Crippen LogP contribution >= 0.6 is 0 Å². The number of hydrogen-bond donors (Lipinski definition) is 1. The number of hydroxylamine groups is 2. The summed E-state index contributed by atoms with van der Waals surface area (Å²) in [4.78, 5) is 28.2. The summed E-state index contributed by atoms with van der Waals surface area (Å²) >= 11 is 0. The molecule has 0 spiro atoms.